The van der Waals surface area contributed by atoms with Gasteiger partial charge in [0.25, 0.3) is 0 Å². The van der Waals surface area contributed by atoms with Gasteiger partial charge in [0.2, 0.25) is 5.91 Å². The minimum atomic E-state index is -0.699. The number of benzene rings is 2. The third kappa shape index (κ3) is 4.79. The zero-order valence-corrected chi connectivity index (χ0v) is 18.8. The first-order valence-electron chi connectivity index (χ1n) is 10.9. The number of nitrogens with one attached hydrogen (secondary N) is 1. The van der Waals surface area contributed by atoms with Crippen molar-refractivity contribution < 1.29 is 9.90 Å². The lowest BCUT2D eigenvalue weighted by Gasteiger charge is -2.43. The van der Waals surface area contributed by atoms with Gasteiger partial charge in [-0.1, -0.05) is 41.9 Å². The molecule has 1 unspecified atom stereocenters. The van der Waals surface area contributed by atoms with E-state index in [4.69, 9.17) is 11.6 Å². The Morgan fingerprint density at radius 1 is 1.26 bits per heavy atom. The van der Waals surface area contributed by atoms with Crippen molar-refractivity contribution >= 4 is 28.4 Å². The monoisotopic (exact) mass is 439 g/mol. The highest BCUT2D eigenvalue weighted by Gasteiger charge is 2.41. The fraction of sp³-hybridized carbons (Fsp3) is 0.400. The Hall–Kier alpha value is -2.34. The summed E-state index contributed by atoms with van der Waals surface area (Å²) >= 11 is 6.13. The van der Waals surface area contributed by atoms with E-state index in [2.05, 4.69) is 22.0 Å². The van der Waals surface area contributed by atoms with E-state index in [0.29, 0.717) is 24.7 Å². The lowest BCUT2D eigenvalue weighted by atomic mass is 9.85. The number of piperidine rings is 1. The molecule has 1 aliphatic rings. The van der Waals surface area contributed by atoms with Crippen molar-refractivity contribution in [3.63, 3.8) is 0 Å². The van der Waals surface area contributed by atoms with E-state index in [1.54, 1.807) is 6.92 Å². The first-order chi connectivity index (χ1) is 14.9. The molecule has 0 aliphatic carbocycles. The highest BCUT2D eigenvalue weighted by Crippen LogP contribution is 2.28. The smallest absolute Gasteiger partial charge is 0.229 e. The molecule has 5 nitrogen and oxygen atoms in total. The van der Waals surface area contributed by atoms with Crippen molar-refractivity contribution in [2.24, 2.45) is 5.92 Å². The summed E-state index contributed by atoms with van der Waals surface area (Å²) in [6.45, 7) is 3.78. The molecule has 0 saturated carbocycles. The number of aromatic amines is 1. The van der Waals surface area contributed by atoms with E-state index in [0.717, 1.165) is 23.9 Å². The second-order valence-electron chi connectivity index (χ2n) is 8.60. The first-order valence-corrected chi connectivity index (χ1v) is 11.3. The van der Waals surface area contributed by atoms with E-state index in [1.807, 2.05) is 54.5 Å². The highest BCUT2D eigenvalue weighted by molar-refractivity contribution is 6.30. The second kappa shape index (κ2) is 9.43. The Bertz CT molecular complexity index is 1050. The van der Waals surface area contributed by atoms with Gasteiger partial charge in [0, 0.05) is 47.8 Å². The number of para-hydroxylation sites is 1. The Morgan fingerprint density at radius 3 is 2.84 bits per heavy atom. The number of hydrogen-bond donors (Lipinski definition) is 2. The molecule has 4 rings (SSSR count). The van der Waals surface area contributed by atoms with Gasteiger partial charge in [-0.05, 0) is 56.1 Å². The Morgan fingerprint density at radius 2 is 2.06 bits per heavy atom. The van der Waals surface area contributed by atoms with E-state index >= 15 is 0 Å². The van der Waals surface area contributed by atoms with Crippen LogP contribution >= 0.6 is 11.6 Å². The van der Waals surface area contributed by atoms with Gasteiger partial charge < -0.3 is 15.0 Å². The molecular weight excluding hydrogens is 410 g/mol. The number of aromatic nitrogens is 1. The number of H-pyrrole nitrogens is 1. The number of likely N-dealkylation sites (tertiary alicyclic amines) is 1. The number of halogens is 1. The third-order valence-electron chi connectivity index (χ3n) is 6.44. The van der Waals surface area contributed by atoms with Crippen LogP contribution in [0.15, 0.2) is 54.7 Å². The van der Waals surface area contributed by atoms with Crippen molar-refractivity contribution in [2.45, 2.75) is 38.5 Å². The summed E-state index contributed by atoms with van der Waals surface area (Å²) in [5, 5.41) is 12.4. The van der Waals surface area contributed by atoms with Crippen LogP contribution in [0.2, 0.25) is 5.02 Å². The topological polar surface area (TPSA) is 59.6 Å². The molecule has 1 saturated heterocycles. The van der Waals surface area contributed by atoms with Gasteiger partial charge in [-0.3, -0.25) is 9.69 Å². The molecule has 1 fully saturated rings. The standard InChI is InChI=1S/C25H30ClN3O2/c1-17(30)24-23(28(2)16-18-6-5-7-20(26)14-18)11-13-29(25(24)31)12-10-19-15-27-22-9-4-3-8-21(19)22/h3-9,14-15,17,23-24,27,30H,10-13,16H2,1-2H3/t17-,23+,24?/m1/s1. The van der Waals surface area contributed by atoms with E-state index in [1.165, 1.54) is 10.9 Å². The van der Waals surface area contributed by atoms with Gasteiger partial charge in [0.1, 0.15) is 0 Å². The summed E-state index contributed by atoms with van der Waals surface area (Å²) in [5.41, 5.74) is 3.44. The molecule has 1 aromatic heterocycles. The van der Waals surface area contributed by atoms with Crippen LogP contribution in [-0.2, 0) is 17.8 Å². The van der Waals surface area contributed by atoms with Gasteiger partial charge in [0.15, 0.2) is 0 Å². The molecule has 0 bridgehead atoms. The minimum absolute atomic E-state index is 0.00387. The summed E-state index contributed by atoms with van der Waals surface area (Å²) in [6, 6.07) is 16.0. The Balaban J connectivity index is 1.43. The zero-order chi connectivity index (χ0) is 22.0. The number of hydrogen-bond acceptors (Lipinski definition) is 3. The maximum Gasteiger partial charge on any atom is 0.229 e. The largest absolute Gasteiger partial charge is 0.393 e. The number of carbonyl (C=O) groups excluding carboxylic acids is 1. The normalized spacial score (nSPS) is 20.5. The lowest BCUT2D eigenvalue weighted by molar-refractivity contribution is -0.147. The zero-order valence-electron chi connectivity index (χ0n) is 18.1. The van der Waals surface area contributed by atoms with Crippen LogP contribution in [0.5, 0.6) is 0 Å². The summed E-state index contributed by atoms with van der Waals surface area (Å²) in [4.78, 5) is 20.7. The van der Waals surface area contributed by atoms with Crippen molar-refractivity contribution in [3.05, 3.63) is 70.9 Å². The predicted octanol–water partition coefficient (Wildman–Crippen LogP) is 4.09. The number of aliphatic hydroxyl groups is 1. The first kappa shape index (κ1) is 21.9. The van der Waals surface area contributed by atoms with Crippen LogP contribution in [0.1, 0.15) is 24.5 Å². The molecule has 3 atom stereocenters. The Kier molecular flexibility index (Phi) is 6.65. The fourth-order valence-corrected chi connectivity index (χ4v) is 5.04. The summed E-state index contributed by atoms with van der Waals surface area (Å²) in [7, 11) is 2.02. The van der Waals surface area contributed by atoms with Crippen LogP contribution in [0.4, 0.5) is 0 Å². The number of aliphatic hydroxyl groups excluding tert-OH is 1. The van der Waals surface area contributed by atoms with Crippen LogP contribution in [-0.4, -0.2) is 58.1 Å². The van der Waals surface area contributed by atoms with Crippen LogP contribution in [0.25, 0.3) is 10.9 Å². The molecule has 6 heteroatoms. The van der Waals surface area contributed by atoms with E-state index in [-0.39, 0.29) is 11.9 Å². The number of rotatable bonds is 7. The van der Waals surface area contributed by atoms with Crippen LogP contribution in [0.3, 0.4) is 0 Å². The molecule has 2 aromatic carbocycles. The predicted molar refractivity (Wildman–Crippen MR) is 125 cm³/mol. The van der Waals surface area contributed by atoms with Gasteiger partial charge in [-0.15, -0.1) is 0 Å². The van der Waals surface area contributed by atoms with Crippen LogP contribution in [0, 0.1) is 5.92 Å². The number of nitrogens with zero attached hydrogens (tertiary/aromatic N) is 2. The van der Waals surface area contributed by atoms with Gasteiger partial charge in [0.05, 0.1) is 12.0 Å². The van der Waals surface area contributed by atoms with Gasteiger partial charge in [-0.25, -0.2) is 0 Å². The van der Waals surface area contributed by atoms with Gasteiger partial charge in [-0.2, -0.15) is 0 Å². The molecular formula is C25H30ClN3O2. The SMILES string of the molecule is C[C@@H](O)C1C(=O)N(CCc2c[nH]c3ccccc23)CC[C@@H]1N(C)Cc1cccc(Cl)c1. The molecule has 1 aliphatic heterocycles. The minimum Gasteiger partial charge on any atom is -0.393 e. The van der Waals surface area contributed by atoms with E-state index < -0.39 is 12.0 Å². The summed E-state index contributed by atoms with van der Waals surface area (Å²) < 4.78 is 0. The number of amides is 1. The molecule has 0 radical (unpaired) electrons. The maximum atomic E-state index is 13.3. The molecule has 164 valence electrons. The molecule has 1 amide bonds. The van der Waals surface area contributed by atoms with Crippen LogP contribution < -0.4 is 0 Å². The number of carbonyl (C=O) groups is 1. The number of fused-ring (bicyclic) bond motifs is 1. The molecule has 0 spiro atoms. The van der Waals surface area contributed by atoms with Crippen molar-refractivity contribution in [2.75, 3.05) is 20.1 Å². The maximum absolute atomic E-state index is 13.3. The molecule has 2 N–H and O–H groups in total. The average Bonchev–Trinajstić information content (AvgIpc) is 3.15. The van der Waals surface area contributed by atoms with Crippen molar-refractivity contribution in [1.82, 2.24) is 14.8 Å². The van der Waals surface area contributed by atoms with Crippen molar-refractivity contribution in [3.8, 4) is 0 Å². The Labute approximate surface area is 188 Å². The molecule has 31 heavy (non-hydrogen) atoms. The van der Waals surface area contributed by atoms with E-state index in [9.17, 15) is 9.90 Å². The molecule has 2 heterocycles. The highest BCUT2D eigenvalue weighted by atomic mass is 35.5. The van der Waals surface area contributed by atoms with Gasteiger partial charge >= 0.3 is 0 Å². The quantitative estimate of drug-likeness (QED) is 0.582. The summed E-state index contributed by atoms with van der Waals surface area (Å²) in [5.74, 6) is -0.384. The average molecular weight is 440 g/mol. The fourth-order valence-electron chi connectivity index (χ4n) is 4.83. The lowest BCUT2D eigenvalue weighted by Crippen LogP contribution is -2.56. The summed E-state index contributed by atoms with van der Waals surface area (Å²) in [6.07, 6.45) is 2.97. The second-order valence-corrected chi connectivity index (χ2v) is 9.04. The van der Waals surface area contributed by atoms with Crippen molar-refractivity contribution in [1.29, 1.82) is 0 Å². The third-order valence-corrected chi connectivity index (χ3v) is 6.67. The molecule has 3 aromatic rings.